The van der Waals surface area contributed by atoms with Gasteiger partial charge in [0.05, 0.1) is 6.54 Å². The van der Waals surface area contributed by atoms with Crippen LogP contribution >= 0.6 is 0 Å². The van der Waals surface area contributed by atoms with Gasteiger partial charge in [0.15, 0.2) is 0 Å². The Balaban J connectivity index is 2.67. The van der Waals surface area contributed by atoms with E-state index in [2.05, 4.69) is 15.2 Å². The van der Waals surface area contributed by atoms with Gasteiger partial charge in [0.2, 0.25) is 5.82 Å². The topological polar surface area (TPSA) is 70.7 Å². The summed E-state index contributed by atoms with van der Waals surface area (Å²) in [6.07, 6.45) is -2.58. The van der Waals surface area contributed by atoms with Gasteiger partial charge in [0.25, 0.3) is 12.3 Å². The van der Waals surface area contributed by atoms with Gasteiger partial charge in [0.1, 0.15) is 5.82 Å². The molecule has 0 aliphatic rings. The Morgan fingerprint density at radius 1 is 1.50 bits per heavy atom. The maximum absolute atomic E-state index is 11.8. The van der Waals surface area contributed by atoms with E-state index < -0.39 is 18.9 Å². The van der Waals surface area contributed by atoms with Crippen molar-refractivity contribution in [1.29, 1.82) is 0 Å². The maximum Gasteiger partial charge on any atom is 0.291 e. The molecule has 0 saturated heterocycles. The van der Waals surface area contributed by atoms with Crippen molar-refractivity contribution in [2.45, 2.75) is 32.6 Å². The number of carbonyl (C=O) groups excluding carboxylic acids is 1. The van der Waals surface area contributed by atoms with Gasteiger partial charge in [-0.25, -0.2) is 13.8 Å². The van der Waals surface area contributed by atoms with Gasteiger partial charge < -0.3 is 5.32 Å². The quantitative estimate of drug-likeness (QED) is 0.819. The third-order valence-electron chi connectivity index (χ3n) is 1.82. The van der Waals surface area contributed by atoms with Crippen LogP contribution in [0.3, 0.4) is 0 Å². The number of hydrogen-bond acceptors (Lipinski definition) is 3. The van der Waals surface area contributed by atoms with Crippen molar-refractivity contribution in [2.24, 2.45) is 0 Å². The van der Waals surface area contributed by atoms with Gasteiger partial charge in [-0.3, -0.25) is 9.89 Å². The lowest BCUT2D eigenvalue weighted by molar-refractivity contribution is 0.0882. The molecule has 1 aromatic heterocycles. The second kappa shape index (κ2) is 4.54. The smallest absolute Gasteiger partial charge is 0.291 e. The Morgan fingerprint density at radius 2 is 2.12 bits per heavy atom. The lowest BCUT2D eigenvalue weighted by atomic mass is 9.96. The monoisotopic (exact) mass is 232 g/mol. The molecule has 2 N–H and O–H groups in total. The number of nitrogens with one attached hydrogen (secondary N) is 2. The van der Waals surface area contributed by atoms with Crippen LogP contribution < -0.4 is 5.32 Å². The number of alkyl halides is 2. The van der Waals surface area contributed by atoms with Crippen LogP contribution in [0.15, 0.2) is 0 Å². The van der Waals surface area contributed by atoms with Gasteiger partial charge in [-0.2, -0.15) is 0 Å². The summed E-state index contributed by atoms with van der Waals surface area (Å²) in [7, 11) is 0. The normalized spacial score (nSPS) is 11.9. The maximum atomic E-state index is 11.8. The molecule has 0 spiro atoms. The lowest BCUT2D eigenvalue weighted by Crippen LogP contribution is -2.29. The highest BCUT2D eigenvalue weighted by atomic mass is 19.3. The summed E-state index contributed by atoms with van der Waals surface area (Å²) in [6, 6.07) is 0. The van der Waals surface area contributed by atoms with E-state index in [1.165, 1.54) is 0 Å². The minimum atomic E-state index is -2.58. The summed E-state index contributed by atoms with van der Waals surface area (Å²) >= 11 is 0. The molecule has 0 aliphatic heterocycles. The van der Waals surface area contributed by atoms with Gasteiger partial charge in [0, 0.05) is 5.41 Å². The second-order valence-electron chi connectivity index (χ2n) is 4.36. The molecule has 1 amide bonds. The Labute approximate surface area is 91.6 Å². The summed E-state index contributed by atoms with van der Waals surface area (Å²) in [5, 5.41) is 8.30. The van der Waals surface area contributed by atoms with Crippen LogP contribution in [0.5, 0.6) is 0 Å². The number of carbonyl (C=O) groups is 1. The molecule has 5 nitrogen and oxygen atoms in total. The van der Waals surface area contributed by atoms with E-state index in [1.807, 2.05) is 26.1 Å². The van der Waals surface area contributed by atoms with E-state index >= 15 is 0 Å². The second-order valence-corrected chi connectivity index (χ2v) is 4.36. The molecule has 0 aliphatic carbocycles. The molecule has 1 rings (SSSR count). The van der Waals surface area contributed by atoms with E-state index in [4.69, 9.17) is 0 Å². The van der Waals surface area contributed by atoms with Crippen LogP contribution in [-0.4, -0.2) is 34.1 Å². The number of aromatic amines is 1. The van der Waals surface area contributed by atoms with Gasteiger partial charge in [-0.05, 0) is 0 Å². The number of halogens is 2. The molecule has 0 atom stereocenters. The van der Waals surface area contributed by atoms with E-state index in [9.17, 15) is 13.6 Å². The van der Waals surface area contributed by atoms with Crippen LogP contribution in [0.2, 0.25) is 0 Å². The molecule has 0 radical (unpaired) electrons. The van der Waals surface area contributed by atoms with Crippen molar-refractivity contribution in [1.82, 2.24) is 20.5 Å². The van der Waals surface area contributed by atoms with Crippen molar-refractivity contribution in [3.8, 4) is 0 Å². The average molecular weight is 232 g/mol. The van der Waals surface area contributed by atoms with E-state index in [-0.39, 0.29) is 11.2 Å². The molecule has 0 fully saturated rings. The first-order valence-electron chi connectivity index (χ1n) is 4.80. The first-order valence-corrected chi connectivity index (χ1v) is 4.80. The van der Waals surface area contributed by atoms with Crippen molar-refractivity contribution >= 4 is 5.91 Å². The van der Waals surface area contributed by atoms with Crippen LogP contribution in [-0.2, 0) is 5.41 Å². The molecular weight excluding hydrogens is 218 g/mol. The zero-order valence-electron chi connectivity index (χ0n) is 9.34. The lowest BCUT2D eigenvalue weighted by Gasteiger charge is -2.12. The van der Waals surface area contributed by atoms with E-state index in [0.717, 1.165) is 0 Å². The molecule has 7 heteroatoms. The molecule has 0 aromatic carbocycles. The van der Waals surface area contributed by atoms with Gasteiger partial charge in [-0.15, -0.1) is 5.10 Å². The minimum Gasteiger partial charge on any atom is -0.344 e. The zero-order valence-corrected chi connectivity index (χ0v) is 9.34. The molecule has 16 heavy (non-hydrogen) atoms. The number of H-pyrrole nitrogens is 1. The number of nitrogens with zero attached hydrogens (tertiary/aromatic N) is 2. The predicted molar refractivity (Wildman–Crippen MR) is 53.4 cm³/mol. The Hall–Kier alpha value is -1.53. The zero-order chi connectivity index (χ0) is 12.3. The summed E-state index contributed by atoms with van der Waals surface area (Å²) in [5.41, 5.74) is -0.270. The number of hydrogen-bond donors (Lipinski definition) is 2. The summed E-state index contributed by atoms with van der Waals surface area (Å²) in [6.45, 7) is 5.00. The Morgan fingerprint density at radius 3 is 2.56 bits per heavy atom. The summed E-state index contributed by atoms with van der Waals surface area (Å²) in [5.74, 6) is -0.285. The van der Waals surface area contributed by atoms with Crippen molar-refractivity contribution in [2.75, 3.05) is 6.54 Å². The Kier molecular flexibility index (Phi) is 3.56. The largest absolute Gasteiger partial charge is 0.344 e. The van der Waals surface area contributed by atoms with Crippen molar-refractivity contribution in [3.05, 3.63) is 11.6 Å². The summed E-state index contributed by atoms with van der Waals surface area (Å²) in [4.78, 5) is 15.2. The standard InChI is InChI=1S/C9H14F2N4O/c1-9(2,3)8-13-6(14-15-8)7(16)12-4-5(10)11/h5H,4H2,1-3H3,(H,12,16)(H,13,14,15). The third-order valence-corrected chi connectivity index (χ3v) is 1.82. The van der Waals surface area contributed by atoms with Gasteiger partial charge >= 0.3 is 0 Å². The molecule has 0 saturated carbocycles. The molecule has 0 bridgehead atoms. The predicted octanol–water partition coefficient (Wildman–Crippen LogP) is 1.10. The number of aromatic nitrogens is 3. The first kappa shape index (κ1) is 12.5. The highest BCUT2D eigenvalue weighted by Gasteiger charge is 2.21. The average Bonchev–Trinajstić information content (AvgIpc) is 2.61. The number of rotatable bonds is 3. The molecule has 1 aromatic rings. The van der Waals surface area contributed by atoms with Crippen molar-refractivity contribution < 1.29 is 13.6 Å². The minimum absolute atomic E-state index is 0.120. The third kappa shape index (κ3) is 3.25. The molecule has 90 valence electrons. The highest BCUT2D eigenvalue weighted by molar-refractivity contribution is 5.90. The molecule has 1 heterocycles. The fourth-order valence-electron chi connectivity index (χ4n) is 0.948. The van der Waals surface area contributed by atoms with Crippen LogP contribution in [0.1, 0.15) is 37.2 Å². The van der Waals surface area contributed by atoms with Crippen LogP contribution in [0, 0.1) is 0 Å². The van der Waals surface area contributed by atoms with Gasteiger partial charge in [-0.1, -0.05) is 20.8 Å². The Bertz CT molecular complexity index is 370. The van der Waals surface area contributed by atoms with Crippen LogP contribution in [0.4, 0.5) is 8.78 Å². The van der Waals surface area contributed by atoms with E-state index in [1.54, 1.807) is 0 Å². The van der Waals surface area contributed by atoms with Crippen molar-refractivity contribution in [3.63, 3.8) is 0 Å². The fourth-order valence-corrected chi connectivity index (χ4v) is 0.948. The fraction of sp³-hybridized carbons (Fsp3) is 0.667. The summed E-state index contributed by atoms with van der Waals surface area (Å²) < 4.78 is 23.7. The molecular formula is C9H14F2N4O. The molecule has 0 unspecified atom stereocenters. The highest BCUT2D eigenvalue weighted by Crippen LogP contribution is 2.17. The van der Waals surface area contributed by atoms with Crippen LogP contribution in [0.25, 0.3) is 0 Å². The number of amides is 1. The van der Waals surface area contributed by atoms with E-state index in [0.29, 0.717) is 5.82 Å². The first-order chi connectivity index (χ1) is 7.30. The SMILES string of the molecule is CC(C)(C)c1nc(C(=O)NCC(F)F)n[nH]1.